The molecule has 7 nitrogen and oxygen atoms in total. The maximum atomic E-state index is 12.8. The van der Waals surface area contributed by atoms with E-state index in [1.165, 1.54) is 10.9 Å². The van der Waals surface area contributed by atoms with E-state index in [4.69, 9.17) is 11.6 Å². The van der Waals surface area contributed by atoms with E-state index in [0.717, 1.165) is 17.9 Å². The molecule has 1 aromatic rings. The number of rotatable bonds is 2. The Kier molecular flexibility index (Phi) is 2.53. The SMILES string of the molecule is Cn1cc(Cl)c(C(=O)NN2C(=O)[C@@H]3[C@@H](C2=O)[C@H]2C=C[C@H]3C23CC3)n1. The molecule has 5 rings (SSSR count). The average Bonchev–Trinajstić information content (AvgIpc) is 2.99. The van der Waals surface area contributed by atoms with Gasteiger partial charge in [0.05, 0.1) is 16.9 Å². The van der Waals surface area contributed by atoms with Gasteiger partial charge in [-0.25, -0.2) is 0 Å². The Morgan fingerprint density at radius 2 is 1.83 bits per heavy atom. The molecule has 2 bridgehead atoms. The fraction of sp³-hybridized carbons (Fsp3) is 0.500. The van der Waals surface area contributed by atoms with Gasteiger partial charge >= 0.3 is 0 Å². The van der Waals surface area contributed by atoms with Gasteiger partial charge < -0.3 is 0 Å². The minimum atomic E-state index is -0.649. The number of hydrazine groups is 1. The van der Waals surface area contributed by atoms with E-state index in [2.05, 4.69) is 22.7 Å². The molecular formula is C16H15ClN4O3. The molecule has 24 heavy (non-hydrogen) atoms. The fourth-order valence-electron chi connectivity index (χ4n) is 4.96. The van der Waals surface area contributed by atoms with Crippen molar-refractivity contribution in [3.63, 3.8) is 0 Å². The number of halogens is 1. The summed E-state index contributed by atoms with van der Waals surface area (Å²) >= 11 is 5.95. The van der Waals surface area contributed by atoms with Crippen molar-refractivity contribution in [2.75, 3.05) is 0 Å². The number of hydrogen-bond acceptors (Lipinski definition) is 4. The van der Waals surface area contributed by atoms with Gasteiger partial charge in [0.2, 0.25) is 0 Å². The summed E-state index contributed by atoms with van der Waals surface area (Å²) in [4.78, 5) is 37.8. The molecule has 3 aliphatic carbocycles. The average molecular weight is 347 g/mol. The molecule has 124 valence electrons. The van der Waals surface area contributed by atoms with Crippen LogP contribution in [0.15, 0.2) is 18.3 Å². The van der Waals surface area contributed by atoms with Gasteiger partial charge in [0, 0.05) is 13.2 Å². The zero-order chi connectivity index (χ0) is 16.8. The quantitative estimate of drug-likeness (QED) is 0.637. The van der Waals surface area contributed by atoms with Crippen LogP contribution in [0.4, 0.5) is 0 Å². The first kappa shape index (κ1) is 14.2. The Morgan fingerprint density at radius 1 is 1.25 bits per heavy atom. The molecule has 1 aromatic heterocycles. The van der Waals surface area contributed by atoms with Crippen LogP contribution in [0.25, 0.3) is 0 Å². The second kappa shape index (κ2) is 4.27. The topological polar surface area (TPSA) is 84.3 Å². The maximum Gasteiger partial charge on any atom is 0.292 e. The summed E-state index contributed by atoms with van der Waals surface area (Å²) in [7, 11) is 1.64. The molecule has 3 amide bonds. The van der Waals surface area contributed by atoms with E-state index in [1.807, 2.05) is 0 Å². The normalized spacial score (nSPS) is 34.3. The van der Waals surface area contributed by atoms with Gasteiger partial charge in [0.25, 0.3) is 17.7 Å². The van der Waals surface area contributed by atoms with Gasteiger partial charge in [-0.2, -0.15) is 10.1 Å². The van der Waals surface area contributed by atoms with Crippen molar-refractivity contribution >= 4 is 29.3 Å². The Bertz CT molecular complexity index is 806. The first-order chi connectivity index (χ1) is 11.4. The molecule has 0 radical (unpaired) electrons. The minimum absolute atomic E-state index is 0.00316. The molecular weight excluding hydrogens is 332 g/mol. The van der Waals surface area contributed by atoms with Gasteiger partial charge in [-0.05, 0) is 30.1 Å². The van der Waals surface area contributed by atoms with Gasteiger partial charge in [0.15, 0.2) is 5.69 Å². The third-order valence-corrected chi connectivity index (χ3v) is 6.34. The summed E-state index contributed by atoms with van der Waals surface area (Å²) in [5.41, 5.74) is 2.54. The molecule has 0 unspecified atom stereocenters. The monoisotopic (exact) mass is 346 g/mol. The number of allylic oxidation sites excluding steroid dienone is 2. The zero-order valence-corrected chi connectivity index (χ0v) is 13.7. The lowest BCUT2D eigenvalue weighted by Crippen LogP contribution is -2.48. The molecule has 4 aliphatic rings. The molecule has 1 spiro atoms. The highest BCUT2D eigenvalue weighted by molar-refractivity contribution is 6.33. The third kappa shape index (κ3) is 1.53. The number of hydrogen-bond donors (Lipinski definition) is 1. The van der Waals surface area contributed by atoms with Crippen LogP contribution in [0.2, 0.25) is 5.02 Å². The predicted molar refractivity (Wildman–Crippen MR) is 82.3 cm³/mol. The van der Waals surface area contributed by atoms with E-state index >= 15 is 0 Å². The molecule has 2 saturated carbocycles. The third-order valence-electron chi connectivity index (χ3n) is 6.07. The molecule has 1 aliphatic heterocycles. The summed E-state index contributed by atoms with van der Waals surface area (Å²) in [6.45, 7) is 0. The number of fused-ring (bicyclic) bond motifs is 3. The van der Waals surface area contributed by atoms with E-state index in [-0.39, 0.29) is 51.6 Å². The first-order valence-electron chi connectivity index (χ1n) is 8.00. The maximum absolute atomic E-state index is 12.8. The number of amides is 3. The first-order valence-corrected chi connectivity index (χ1v) is 8.38. The van der Waals surface area contributed by atoms with Crippen molar-refractivity contribution in [2.24, 2.45) is 36.1 Å². The van der Waals surface area contributed by atoms with Crippen LogP contribution in [-0.2, 0) is 16.6 Å². The van der Waals surface area contributed by atoms with Gasteiger partial charge in [-0.1, -0.05) is 23.8 Å². The Labute approximate surface area is 142 Å². The number of imide groups is 1. The number of carbonyl (C=O) groups excluding carboxylic acids is 3. The van der Waals surface area contributed by atoms with Crippen LogP contribution < -0.4 is 5.43 Å². The van der Waals surface area contributed by atoms with E-state index < -0.39 is 5.91 Å². The van der Waals surface area contributed by atoms with Gasteiger partial charge in [-0.3, -0.25) is 24.5 Å². The lowest BCUT2D eigenvalue weighted by molar-refractivity contribution is -0.144. The van der Waals surface area contributed by atoms with Crippen molar-refractivity contribution in [1.82, 2.24) is 20.2 Å². The van der Waals surface area contributed by atoms with E-state index in [9.17, 15) is 14.4 Å². The van der Waals surface area contributed by atoms with Crippen molar-refractivity contribution in [3.8, 4) is 0 Å². The van der Waals surface area contributed by atoms with Crippen LogP contribution >= 0.6 is 11.6 Å². The van der Waals surface area contributed by atoms with E-state index in [0.29, 0.717) is 0 Å². The number of carbonyl (C=O) groups is 3. The molecule has 1 N–H and O–H groups in total. The second-order valence-electron chi connectivity index (χ2n) is 7.17. The van der Waals surface area contributed by atoms with Crippen molar-refractivity contribution in [3.05, 3.63) is 29.1 Å². The number of nitrogens with one attached hydrogen (secondary N) is 1. The molecule has 3 fully saturated rings. The Morgan fingerprint density at radius 3 is 2.29 bits per heavy atom. The van der Waals surface area contributed by atoms with Crippen molar-refractivity contribution in [2.45, 2.75) is 12.8 Å². The summed E-state index contributed by atoms with van der Waals surface area (Å²) in [6.07, 6.45) is 7.83. The van der Waals surface area contributed by atoms with Crippen LogP contribution in [0, 0.1) is 29.1 Å². The van der Waals surface area contributed by atoms with Crippen molar-refractivity contribution in [1.29, 1.82) is 0 Å². The highest BCUT2D eigenvalue weighted by Crippen LogP contribution is 2.73. The van der Waals surface area contributed by atoms with Crippen LogP contribution in [0.3, 0.4) is 0 Å². The van der Waals surface area contributed by atoms with Crippen LogP contribution in [0.5, 0.6) is 0 Å². The minimum Gasteiger partial charge on any atom is -0.273 e. The van der Waals surface area contributed by atoms with Gasteiger partial charge in [-0.15, -0.1) is 0 Å². The zero-order valence-electron chi connectivity index (χ0n) is 12.9. The Hall–Kier alpha value is -2.15. The summed E-state index contributed by atoms with van der Waals surface area (Å²) in [6, 6.07) is 0. The summed E-state index contributed by atoms with van der Waals surface area (Å²) in [5, 5.41) is 5.01. The second-order valence-corrected chi connectivity index (χ2v) is 7.58. The number of aryl methyl sites for hydroxylation is 1. The molecule has 1 saturated heterocycles. The highest BCUT2D eigenvalue weighted by Gasteiger charge is 2.73. The fourth-order valence-corrected chi connectivity index (χ4v) is 5.22. The van der Waals surface area contributed by atoms with Gasteiger partial charge in [0.1, 0.15) is 0 Å². The van der Waals surface area contributed by atoms with Crippen LogP contribution in [-0.4, -0.2) is 32.5 Å². The molecule has 0 aromatic carbocycles. The highest BCUT2D eigenvalue weighted by atomic mass is 35.5. The lowest BCUT2D eigenvalue weighted by atomic mass is 9.85. The standard InChI is InChI=1S/C16H15ClN4O3/c1-20-6-9(17)12(18-20)13(22)19-21-14(23)10-7-2-3-8(11(10)15(21)24)16(7)4-5-16/h2-3,6-8,10-11H,4-5H2,1H3,(H,19,22)/t7-,8-,10+,11+/m1/s1. The summed E-state index contributed by atoms with van der Waals surface area (Å²) in [5.74, 6) is -1.69. The molecule has 2 heterocycles. The van der Waals surface area contributed by atoms with E-state index in [1.54, 1.807) is 7.05 Å². The largest absolute Gasteiger partial charge is 0.292 e. The predicted octanol–water partition coefficient (Wildman–Crippen LogP) is 0.915. The summed E-state index contributed by atoms with van der Waals surface area (Å²) < 4.78 is 1.40. The lowest BCUT2D eigenvalue weighted by Gasteiger charge is -2.21. The van der Waals surface area contributed by atoms with Crippen LogP contribution in [0.1, 0.15) is 23.3 Å². The number of aromatic nitrogens is 2. The number of nitrogens with zero attached hydrogens (tertiary/aromatic N) is 3. The van der Waals surface area contributed by atoms with Crippen molar-refractivity contribution < 1.29 is 14.4 Å². The smallest absolute Gasteiger partial charge is 0.273 e. The molecule has 4 atom stereocenters. The molecule has 8 heteroatoms. The Balaban J connectivity index is 1.42.